The average Bonchev–Trinajstić information content (AvgIpc) is 2.87. The molecule has 2 saturated heterocycles. The second-order valence-corrected chi connectivity index (χ2v) is 8.30. The van der Waals surface area contributed by atoms with E-state index >= 15 is 0 Å². The number of carbonyl (C=O) groups is 1. The summed E-state index contributed by atoms with van der Waals surface area (Å²) in [7, 11) is 0. The molecular formula is C17H22N2O2S. The van der Waals surface area contributed by atoms with Gasteiger partial charge in [-0.25, -0.2) is 0 Å². The minimum absolute atomic E-state index is 0.277. The van der Waals surface area contributed by atoms with Crippen molar-refractivity contribution in [1.82, 2.24) is 9.88 Å². The van der Waals surface area contributed by atoms with E-state index in [0.29, 0.717) is 24.5 Å². The molecule has 2 aliphatic heterocycles. The van der Waals surface area contributed by atoms with E-state index in [0.717, 1.165) is 43.7 Å². The Kier molecular flexibility index (Phi) is 3.86. The van der Waals surface area contributed by atoms with Gasteiger partial charge in [0.1, 0.15) is 0 Å². The van der Waals surface area contributed by atoms with Gasteiger partial charge in [0.15, 0.2) is 0 Å². The Morgan fingerprint density at radius 2 is 2.32 bits per heavy atom. The van der Waals surface area contributed by atoms with E-state index < -0.39 is 0 Å². The summed E-state index contributed by atoms with van der Waals surface area (Å²) in [6, 6.07) is 3.99. The zero-order chi connectivity index (χ0) is 15.0. The zero-order valence-corrected chi connectivity index (χ0v) is 13.6. The molecule has 0 radical (unpaired) electrons. The molecule has 1 amide bonds. The van der Waals surface area contributed by atoms with Gasteiger partial charge >= 0.3 is 0 Å². The maximum Gasteiger partial charge on any atom is 0.225 e. The molecule has 1 atom stereocenters. The summed E-state index contributed by atoms with van der Waals surface area (Å²) in [5.41, 5.74) is 1.13. The zero-order valence-electron chi connectivity index (χ0n) is 12.7. The first-order valence-electron chi connectivity index (χ1n) is 8.17. The van der Waals surface area contributed by atoms with Gasteiger partial charge in [-0.05, 0) is 30.9 Å². The molecule has 0 aromatic carbocycles. The highest BCUT2D eigenvalue weighted by Crippen LogP contribution is 2.47. The molecule has 3 heterocycles. The van der Waals surface area contributed by atoms with Gasteiger partial charge in [0.25, 0.3) is 0 Å². The van der Waals surface area contributed by atoms with E-state index in [-0.39, 0.29) is 4.75 Å². The van der Waals surface area contributed by atoms with Crippen LogP contribution in [0.15, 0.2) is 24.5 Å². The van der Waals surface area contributed by atoms with Gasteiger partial charge in [-0.3, -0.25) is 9.78 Å². The molecule has 4 rings (SSSR count). The fourth-order valence-corrected chi connectivity index (χ4v) is 5.10. The number of amides is 1. The molecular weight excluding hydrogens is 296 g/mol. The van der Waals surface area contributed by atoms with Crippen LogP contribution in [0.1, 0.15) is 31.2 Å². The molecule has 3 fully saturated rings. The summed E-state index contributed by atoms with van der Waals surface area (Å²) in [6.07, 6.45) is 8.47. The molecule has 0 unspecified atom stereocenters. The molecule has 4 nitrogen and oxygen atoms in total. The molecule has 0 N–H and O–H groups in total. The van der Waals surface area contributed by atoms with Crippen LogP contribution in [0.5, 0.6) is 0 Å². The van der Waals surface area contributed by atoms with Crippen molar-refractivity contribution < 1.29 is 9.53 Å². The van der Waals surface area contributed by atoms with Crippen molar-refractivity contribution in [2.24, 2.45) is 5.92 Å². The largest absolute Gasteiger partial charge is 0.373 e. The van der Waals surface area contributed by atoms with Gasteiger partial charge in [0.05, 0.1) is 17.5 Å². The minimum atomic E-state index is 0.277. The van der Waals surface area contributed by atoms with Crippen LogP contribution in [-0.4, -0.2) is 45.5 Å². The lowest BCUT2D eigenvalue weighted by atomic mass is 9.82. The Morgan fingerprint density at radius 3 is 3.00 bits per heavy atom. The number of thioether (sulfide) groups is 1. The molecule has 22 heavy (non-hydrogen) atoms. The highest BCUT2D eigenvalue weighted by Gasteiger charge is 2.51. The fraction of sp³-hybridized carbons (Fsp3) is 0.647. The number of likely N-dealkylation sites (tertiary alicyclic amines) is 1. The van der Waals surface area contributed by atoms with Gasteiger partial charge in [0, 0.05) is 37.2 Å². The minimum Gasteiger partial charge on any atom is -0.373 e. The molecule has 118 valence electrons. The van der Waals surface area contributed by atoms with Crippen molar-refractivity contribution in [3.8, 4) is 0 Å². The van der Waals surface area contributed by atoms with Gasteiger partial charge in [-0.15, -0.1) is 11.8 Å². The van der Waals surface area contributed by atoms with E-state index in [1.165, 1.54) is 6.42 Å². The average molecular weight is 318 g/mol. The Balaban J connectivity index is 1.24. The first kappa shape index (κ1) is 14.5. The first-order valence-corrected chi connectivity index (χ1v) is 9.16. The normalized spacial score (nSPS) is 26.7. The smallest absolute Gasteiger partial charge is 0.225 e. The van der Waals surface area contributed by atoms with Crippen LogP contribution < -0.4 is 0 Å². The number of hydrogen-bond donors (Lipinski definition) is 0. The second-order valence-electron chi connectivity index (χ2n) is 6.81. The third kappa shape index (κ3) is 2.76. The highest BCUT2D eigenvalue weighted by atomic mass is 32.2. The lowest BCUT2D eigenvalue weighted by Crippen LogP contribution is -2.62. The number of rotatable bonds is 4. The van der Waals surface area contributed by atoms with Crippen LogP contribution in [0.3, 0.4) is 0 Å². The van der Waals surface area contributed by atoms with Crippen LogP contribution in [0.4, 0.5) is 0 Å². The topological polar surface area (TPSA) is 42.4 Å². The number of pyridine rings is 1. The number of carbonyl (C=O) groups excluding carboxylic acids is 1. The van der Waals surface area contributed by atoms with Crippen LogP contribution in [0.25, 0.3) is 0 Å². The maximum absolute atomic E-state index is 12.2. The third-order valence-corrected chi connectivity index (χ3v) is 6.68. The number of hydrogen-bond acceptors (Lipinski definition) is 4. The lowest BCUT2D eigenvalue weighted by Gasteiger charge is -2.49. The second kappa shape index (κ2) is 5.85. The molecule has 1 aliphatic carbocycles. The van der Waals surface area contributed by atoms with Crippen molar-refractivity contribution in [3.05, 3.63) is 30.1 Å². The standard InChI is InChI=1S/C17H22N2O2S/c20-16(14-4-1-5-14)19-11-17(12-19)7-15(10-22-17)21-9-13-3-2-6-18-8-13/h2-3,6,8,14-15H,1,4-5,7,9-12H2/t15-/m0/s1. The van der Waals surface area contributed by atoms with E-state index in [9.17, 15) is 4.79 Å². The third-order valence-electron chi connectivity index (χ3n) is 5.11. The summed E-state index contributed by atoms with van der Waals surface area (Å²) in [5, 5.41) is 0. The van der Waals surface area contributed by atoms with Crippen molar-refractivity contribution in [1.29, 1.82) is 0 Å². The highest BCUT2D eigenvalue weighted by molar-refractivity contribution is 8.01. The van der Waals surface area contributed by atoms with Crippen LogP contribution in [0, 0.1) is 5.92 Å². The SMILES string of the molecule is O=C(C1CCC1)N1CC2(C[C@H](OCc3cccnc3)CS2)C1. The predicted molar refractivity (Wildman–Crippen MR) is 86.5 cm³/mol. The van der Waals surface area contributed by atoms with Gasteiger partial charge in [-0.2, -0.15) is 0 Å². The van der Waals surface area contributed by atoms with Crippen LogP contribution in [-0.2, 0) is 16.1 Å². The first-order chi connectivity index (χ1) is 10.7. The molecule has 1 aromatic heterocycles. The fourth-order valence-electron chi connectivity index (χ4n) is 3.55. The van der Waals surface area contributed by atoms with Crippen molar-refractivity contribution in [2.75, 3.05) is 18.8 Å². The molecule has 0 bridgehead atoms. The Morgan fingerprint density at radius 1 is 1.45 bits per heavy atom. The van der Waals surface area contributed by atoms with Crippen LogP contribution in [0.2, 0.25) is 0 Å². The Hall–Kier alpha value is -1.07. The lowest BCUT2D eigenvalue weighted by molar-refractivity contribution is -0.144. The summed E-state index contributed by atoms with van der Waals surface area (Å²) < 4.78 is 6.31. The van der Waals surface area contributed by atoms with Crippen molar-refractivity contribution in [2.45, 2.75) is 43.1 Å². The van der Waals surface area contributed by atoms with Crippen LogP contribution >= 0.6 is 11.8 Å². The van der Waals surface area contributed by atoms with E-state index in [1.807, 2.05) is 30.1 Å². The number of ether oxygens (including phenoxy) is 1. The summed E-state index contributed by atoms with van der Waals surface area (Å²) >= 11 is 2.00. The Bertz CT molecular complexity index is 541. The molecule has 3 aliphatic rings. The van der Waals surface area contributed by atoms with Gasteiger partial charge < -0.3 is 9.64 Å². The van der Waals surface area contributed by atoms with Gasteiger partial charge in [0.2, 0.25) is 5.91 Å². The molecule has 1 saturated carbocycles. The van der Waals surface area contributed by atoms with E-state index in [2.05, 4.69) is 9.88 Å². The van der Waals surface area contributed by atoms with E-state index in [1.54, 1.807) is 6.20 Å². The van der Waals surface area contributed by atoms with Crippen molar-refractivity contribution >= 4 is 17.7 Å². The van der Waals surface area contributed by atoms with E-state index in [4.69, 9.17) is 4.74 Å². The monoisotopic (exact) mass is 318 g/mol. The number of nitrogens with zero attached hydrogens (tertiary/aromatic N) is 2. The predicted octanol–water partition coefficient (Wildman–Crippen LogP) is 2.48. The summed E-state index contributed by atoms with van der Waals surface area (Å²) in [6.45, 7) is 2.50. The quantitative estimate of drug-likeness (QED) is 0.855. The Labute approximate surface area is 135 Å². The molecule has 5 heteroatoms. The summed E-state index contributed by atoms with van der Waals surface area (Å²) in [5.74, 6) is 1.78. The van der Waals surface area contributed by atoms with Gasteiger partial charge in [-0.1, -0.05) is 12.5 Å². The number of aromatic nitrogens is 1. The summed E-state index contributed by atoms with van der Waals surface area (Å²) in [4.78, 5) is 18.4. The molecule has 1 aromatic rings. The molecule has 1 spiro atoms. The maximum atomic E-state index is 12.2. The van der Waals surface area contributed by atoms with Crippen molar-refractivity contribution in [3.63, 3.8) is 0 Å².